The van der Waals surface area contributed by atoms with Gasteiger partial charge in [0, 0.05) is 19.0 Å². The van der Waals surface area contributed by atoms with Crippen LogP contribution in [0, 0.1) is 0 Å². The third kappa shape index (κ3) is 2.07. The predicted octanol–water partition coefficient (Wildman–Crippen LogP) is 1.99. The van der Waals surface area contributed by atoms with Crippen LogP contribution in [-0.2, 0) is 6.54 Å². The van der Waals surface area contributed by atoms with E-state index in [-0.39, 0.29) is 11.9 Å². The Bertz CT molecular complexity index is 466. The van der Waals surface area contributed by atoms with Crippen molar-refractivity contribution in [3.05, 3.63) is 10.7 Å². The zero-order chi connectivity index (χ0) is 12.5. The van der Waals surface area contributed by atoms with Crippen LogP contribution >= 0.6 is 11.6 Å². The number of hydrogen-bond donors (Lipinski definition) is 1. The Morgan fingerprint density at radius 3 is 2.89 bits per heavy atom. The number of nitrogens with one attached hydrogen (secondary N) is 1. The van der Waals surface area contributed by atoms with Crippen molar-refractivity contribution in [2.24, 2.45) is 0 Å². The summed E-state index contributed by atoms with van der Waals surface area (Å²) in [5, 5.41) is 7.57. The van der Waals surface area contributed by atoms with E-state index in [2.05, 4.69) is 10.4 Å². The van der Waals surface area contributed by atoms with Crippen molar-refractivity contribution in [3.63, 3.8) is 0 Å². The van der Waals surface area contributed by atoms with Gasteiger partial charge in [-0.2, -0.15) is 5.10 Å². The molecule has 6 heteroatoms. The van der Waals surface area contributed by atoms with Gasteiger partial charge in [-0.05, 0) is 12.8 Å². The Morgan fingerprint density at radius 1 is 1.39 bits per heavy atom. The molecule has 2 heterocycles. The molecule has 0 spiro atoms. The third-order valence-corrected chi connectivity index (χ3v) is 3.85. The van der Waals surface area contributed by atoms with Crippen molar-refractivity contribution in [3.8, 4) is 5.88 Å². The molecule has 0 aromatic carbocycles. The first kappa shape index (κ1) is 11.8. The molecule has 2 aliphatic rings. The van der Waals surface area contributed by atoms with E-state index in [4.69, 9.17) is 16.3 Å². The molecule has 0 bridgehead atoms. The van der Waals surface area contributed by atoms with Gasteiger partial charge in [0.25, 0.3) is 5.91 Å². The van der Waals surface area contributed by atoms with Gasteiger partial charge in [0.1, 0.15) is 5.02 Å². The van der Waals surface area contributed by atoms with Gasteiger partial charge in [0.05, 0.1) is 6.61 Å². The lowest BCUT2D eigenvalue weighted by molar-refractivity contribution is 0.0932. The van der Waals surface area contributed by atoms with Crippen LogP contribution in [0.5, 0.6) is 5.88 Å². The van der Waals surface area contributed by atoms with Gasteiger partial charge in [0.2, 0.25) is 5.88 Å². The number of rotatable bonds is 2. The molecule has 0 saturated heterocycles. The molecule has 5 nitrogen and oxygen atoms in total. The largest absolute Gasteiger partial charge is 0.477 e. The lowest BCUT2D eigenvalue weighted by Crippen LogP contribution is -2.33. The zero-order valence-corrected chi connectivity index (χ0v) is 10.9. The maximum absolute atomic E-state index is 12.1. The molecule has 1 aliphatic carbocycles. The number of carbonyl (C=O) groups excluding carboxylic acids is 1. The van der Waals surface area contributed by atoms with E-state index in [0.29, 0.717) is 23.2 Å². The second kappa shape index (κ2) is 4.80. The third-order valence-electron chi connectivity index (χ3n) is 3.51. The van der Waals surface area contributed by atoms with Crippen molar-refractivity contribution in [1.29, 1.82) is 0 Å². The summed E-state index contributed by atoms with van der Waals surface area (Å²) >= 11 is 6.15. The summed E-state index contributed by atoms with van der Waals surface area (Å²) < 4.78 is 7.12. The summed E-state index contributed by atoms with van der Waals surface area (Å²) in [4.78, 5) is 12.1. The minimum Gasteiger partial charge on any atom is -0.477 e. The minimum absolute atomic E-state index is 0.183. The van der Waals surface area contributed by atoms with Crippen LogP contribution < -0.4 is 10.1 Å². The summed E-state index contributed by atoms with van der Waals surface area (Å²) in [7, 11) is 0. The highest BCUT2D eigenvalue weighted by molar-refractivity contribution is 6.34. The van der Waals surface area contributed by atoms with E-state index in [1.54, 1.807) is 4.68 Å². The van der Waals surface area contributed by atoms with E-state index >= 15 is 0 Å². The normalized spacial score (nSPS) is 19.4. The monoisotopic (exact) mass is 269 g/mol. The Labute approximate surface area is 110 Å². The predicted molar refractivity (Wildman–Crippen MR) is 67.1 cm³/mol. The SMILES string of the molecule is O=C(NC1CCCC1)c1nn2c(c1Cl)OCCC2. The van der Waals surface area contributed by atoms with Crippen LogP contribution in [0.15, 0.2) is 0 Å². The fourth-order valence-corrected chi connectivity index (χ4v) is 2.84. The molecule has 3 rings (SSSR count). The molecule has 1 saturated carbocycles. The average molecular weight is 270 g/mol. The molecule has 1 aromatic rings. The number of halogens is 1. The first-order valence-corrected chi connectivity index (χ1v) is 6.83. The summed E-state index contributed by atoms with van der Waals surface area (Å²) in [5.41, 5.74) is 0.292. The molecule has 1 N–H and O–H groups in total. The average Bonchev–Trinajstić information content (AvgIpc) is 2.98. The molecule has 18 heavy (non-hydrogen) atoms. The van der Waals surface area contributed by atoms with Crippen molar-refractivity contribution >= 4 is 17.5 Å². The maximum atomic E-state index is 12.1. The molecular weight excluding hydrogens is 254 g/mol. The van der Waals surface area contributed by atoms with Crippen molar-refractivity contribution in [2.75, 3.05) is 6.61 Å². The smallest absolute Gasteiger partial charge is 0.273 e. The van der Waals surface area contributed by atoms with Gasteiger partial charge in [-0.1, -0.05) is 24.4 Å². The molecule has 0 radical (unpaired) electrons. The molecule has 1 fully saturated rings. The lowest BCUT2D eigenvalue weighted by atomic mass is 10.2. The molecular formula is C12H16ClN3O2. The summed E-state index contributed by atoms with van der Waals surface area (Å²) in [6.07, 6.45) is 5.36. The fraction of sp³-hybridized carbons (Fsp3) is 0.667. The van der Waals surface area contributed by atoms with E-state index in [9.17, 15) is 4.79 Å². The highest BCUT2D eigenvalue weighted by atomic mass is 35.5. The highest BCUT2D eigenvalue weighted by Gasteiger charge is 2.27. The van der Waals surface area contributed by atoms with Crippen molar-refractivity contribution < 1.29 is 9.53 Å². The van der Waals surface area contributed by atoms with Crippen LogP contribution in [0.2, 0.25) is 5.02 Å². The fourth-order valence-electron chi connectivity index (χ4n) is 2.57. The summed E-state index contributed by atoms with van der Waals surface area (Å²) in [6, 6.07) is 0.271. The van der Waals surface area contributed by atoms with E-state index in [1.807, 2.05) is 0 Å². The number of nitrogens with zero attached hydrogens (tertiary/aromatic N) is 2. The standard InChI is InChI=1S/C12H16ClN3O2/c13-9-10(11(17)14-8-4-1-2-5-8)15-16-6-3-7-18-12(9)16/h8H,1-7H2,(H,14,17). The Hall–Kier alpha value is -1.23. The van der Waals surface area contributed by atoms with Crippen LogP contribution in [0.3, 0.4) is 0 Å². The Kier molecular flexibility index (Phi) is 3.16. The van der Waals surface area contributed by atoms with Gasteiger partial charge < -0.3 is 10.1 Å². The molecule has 0 unspecified atom stereocenters. The van der Waals surface area contributed by atoms with Gasteiger partial charge in [-0.15, -0.1) is 0 Å². The van der Waals surface area contributed by atoms with Crippen LogP contribution in [0.25, 0.3) is 0 Å². The van der Waals surface area contributed by atoms with Crippen LogP contribution in [0.4, 0.5) is 0 Å². The molecule has 98 valence electrons. The number of amides is 1. The summed E-state index contributed by atoms with van der Waals surface area (Å²) in [6.45, 7) is 1.39. The second-order valence-corrected chi connectivity index (χ2v) is 5.23. The summed E-state index contributed by atoms with van der Waals surface area (Å²) in [5.74, 6) is 0.344. The first-order valence-electron chi connectivity index (χ1n) is 6.45. The highest BCUT2D eigenvalue weighted by Crippen LogP contribution is 2.31. The number of aromatic nitrogens is 2. The van der Waals surface area contributed by atoms with Crippen LogP contribution in [-0.4, -0.2) is 28.3 Å². The maximum Gasteiger partial charge on any atom is 0.273 e. The van der Waals surface area contributed by atoms with E-state index < -0.39 is 0 Å². The van der Waals surface area contributed by atoms with Crippen molar-refractivity contribution in [1.82, 2.24) is 15.1 Å². The van der Waals surface area contributed by atoms with E-state index in [1.165, 1.54) is 12.8 Å². The zero-order valence-electron chi connectivity index (χ0n) is 10.1. The molecule has 1 amide bonds. The minimum atomic E-state index is -0.183. The van der Waals surface area contributed by atoms with Gasteiger partial charge >= 0.3 is 0 Å². The molecule has 1 aromatic heterocycles. The van der Waals surface area contributed by atoms with Gasteiger partial charge in [-0.25, -0.2) is 4.68 Å². The van der Waals surface area contributed by atoms with Gasteiger partial charge in [0.15, 0.2) is 5.69 Å². The van der Waals surface area contributed by atoms with Gasteiger partial charge in [-0.3, -0.25) is 4.79 Å². The number of hydrogen-bond acceptors (Lipinski definition) is 3. The number of ether oxygens (including phenoxy) is 1. The Morgan fingerprint density at radius 2 is 2.17 bits per heavy atom. The van der Waals surface area contributed by atoms with Crippen molar-refractivity contribution in [2.45, 2.75) is 44.7 Å². The topological polar surface area (TPSA) is 56.2 Å². The number of carbonyl (C=O) groups is 1. The molecule has 1 aliphatic heterocycles. The van der Waals surface area contributed by atoms with E-state index in [0.717, 1.165) is 25.8 Å². The van der Waals surface area contributed by atoms with Crippen LogP contribution in [0.1, 0.15) is 42.6 Å². The quantitative estimate of drug-likeness (QED) is 0.893. The second-order valence-electron chi connectivity index (χ2n) is 4.85. The number of aryl methyl sites for hydroxylation is 1. The number of fused-ring (bicyclic) bond motifs is 1. The Balaban J connectivity index is 1.78. The molecule has 0 atom stereocenters. The first-order chi connectivity index (χ1) is 8.75. The lowest BCUT2D eigenvalue weighted by Gasteiger charge is -2.14.